The van der Waals surface area contributed by atoms with Crippen molar-refractivity contribution in [2.75, 3.05) is 5.32 Å². The van der Waals surface area contributed by atoms with Gasteiger partial charge in [-0.05, 0) is 66.7 Å². The largest absolute Gasteiger partial charge is 0.489 e. The quantitative estimate of drug-likeness (QED) is 0.513. The fraction of sp³-hybridized carbons (Fsp3) is 0.0870. The average molecular weight is 420 g/mol. The molecule has 1 amide bonds. The highest BCUT2D eigenvalue weighted by Crippen LogP contribution is 2.17. The summed E-state index contributed by atoms with van der Waals surface area (Å²) in [6.07, 6.45) is 0. The van der Waals surface area contributed by atoms with Gasteiger partial charge in [0, 0.05) is 11.3 Å². The lowest BCUT2D eigenvalue weighted by atomic mass is 10.1. The molecule has 0 saturated carbocycles. The molecule has 3 aromatic carbocycles. The molecule has 3 aromatic rings. The summed E-state index contributed by atoms with van der Waals surface area (Å²) < 4.78 is 5.69. The third-order valence-corrected chi connectivity index (χ3v) is 4.53. The Kier molecular flexibility index (Phi) is 6.77. The van der Waals surface area contributed by atoms with E-state index in [1.807, 2.05) is 49.4 Å². The minimum Gasteiger partial charge on any atom is -0.489 e. The van der Waals surface area contributed by atoms with E-state index in [-0.39, 0.29) is 16.6 Å². The van der Waals surface area contributed by atoms with E-state index in [0.717, 1.165) is 16.9 Å². The number of anilines is 1. The normalized spacial score (nSPS) is 10.2. The first-order chi connectivity index (χ1) is 14.4. The van der Waals surface area contributed by atoms with Crippen LogP contribution in [-0.2, 0) is 6.61 Å². The molecule has 7 heteroatoms. The van der Waals surface area contributed by atoms with Crippen LogP contribution >= 0.6 is 12.2 Å². The van der Waals surface area contributed by atoms with Crippen LogP contribution in [0, 0.1) is 6.92 Å². The summed E-state index contributed by atoms with van der Waals surface area (Å²) in [7, 11) is 0. The number of carbonyl (C=O) groups excluding carboxylic acids is 1. The van der Waals surface area contributed by atoms with Crippen molar-refractivity contribution in [2.24, 2.45) is 0 Å². The first-order valence-corrected chi connectivity index (χ1v) is 9.56. The molecule has 0 radical (unpaired) electrons. The van der Waals surface area contributed by atoms with Crippen LogP contribution in [0.1, 0.15) is 31.8 Å². The molecule has 30 heavy (non-hydrogen) atoms. The van der Waals surface area contributed by atoms with Crippen molar-refractivity contribution in [3.8, 4) is 5.75 Å². The Hall–Kier alpha value is -3.71. The van der Waals surface area contributed by atoms with Gasteiger partial charge in [-0.25, -0.2) is 4.79 Å². The number of aryl methyl sites for hydroxylation is 1. The van der Waals surface area contributed by atoms with E-state index in [0.29, 0.717) is 17.9 Å². The number of para-hydroxylation sites is 1. The van der Waals surface area contributed by atoms with Crippen LogP contribution in [0.15, 0.2) is 72.8 Å². The number of aromatic carboxylic acids is 1. The Labute approximate surface area is 179 Å². The van der Waals surface area contributed by atoms with Gasteiger partial charge in [-0.2, -0.15) is 0 Å². The topological polar surface area (TPSA) is 87.7 Å². The van der Waals surface area contributed by atoms with Crippen molar-refractivity contribution >= 4 is 34.9 Å². The summed E-state index contributed by atoms with van der Waals surface area (Å²) in [5.74, 6) is -0.627. The maximum absolute atomic E-state index is 12.4. The summed E-state index contributed by atoms with van der Waals surface area (Å²) in [6.45, 7) is 2.21. The van der Waals surface area contributed by atoms with Crippen molar-refractivity contribution in [2.45, 2.75) is 13.5 Å². The number of ether oxygens (including phenoxy) is 1. The molecule has 0 heterocycles. The Morgan fingerprint density at radius 1 is 0.967 bits per heavy atom. The lowest BCUT2D eigenvalue weighted by Crippen LogP contribution is -2.34. The number of carboxylic acid groups (broad SMARTS) is 1. The van der Waals surface area contributed by atoms with Gasteiger partial charge in [0.2, 0.25) is 0 Å². The number of benzene rings is 3. The zero-order valence-corrected chi connectivity index (χ0v) is 17.0. The molecule has 3 rings (SSSR count). The zero-order valence-electron chi connectivity index (χ0n) is 16.2. The monoisotopic (exact) mass is 420 g/mol. The molecule has 0 atom stereocenters. The molecule has 6 nitrogen and oxygen atoms in total. The van der Waals surface area contributed by atoms with Gasteiger partial charge in [0.25, 0.3) is 5.91 Å². The van der Waals surface area contributed by atoms with E-state index in [4.69, 9.17) is 22.1 Å². The first-order valence-electron chi connectivity index (χ1n) is 9.15. The molecular formula is C23H20N2O4S. The highest BCUT2D eigenvalue weighted by Gasteiger charge is 2.11. The second-order valence-electron chi connectivity index (χ2n) is 6.54. The molecule has 0 spiro atoms. The number of amides is 1. The highest BCUT2D eigenvalue weighted by atomic mass is 32.1. The molecule has 3 N–H and O–H groups in total. The van der Waals surface area contributed by atoms with Crippen LogP contribution in [0.25, 0.3) is 0 Å². The second kappa shape index (κ2) is 9.67. The Balaban J connectivity index is 1.57. The number of carboxylic acids is 1. The smallest absolute Gasteiger partial charge is 0.335 e. The van der Waals surface area contributed by atoms with Crippen LogP contribution in [0.2, 0.25) is 0 Å². The molecular weight excluding hydrogens is 400 g/mol. The highest BCUT2D eigenvalue weighted by molar-refractivity contribution is 7.80. The summed E-state index contributed by atoms with van der Waals surface area (Å²) >= 11 is 5.19. The lowest BCUT2D eigenvalue weighted by Gasteiger charge is -2.13. The fourth-order valence-electron chi connectivity index (χ4n) is 2.65. The van der Waals surface area contributed by atoms with Gasteiger partial charge in [0.1, 0.15) is 12.4 Å². The zero-order chi connectivity index (χ0) is 21.5. The van der Waals surface area contributed by atoms with E-state index in [9.17, 15) is 9.59 Å². The number of hydrogen-bond donors (Lipinski definition) is 3. The minimum atomic E-state index is -1.04. The summed E-state index contributed by atoms with van der Waals surface area (Å²) in [4.78, 5) is 23.6. The van der Waals surface area contributed by atoms with Crippen molar-refractivity contribution < 1.29 is 19.4 Å². The lowest BCUT2D eigenvalue weighted by molar-refractivity contribution is 0.0696. The molecule has 0 aliphatic rings. The third-order valence-electron chi connectivity index (χ3n) is 4.32. The molecule has 0 saturated heterocycles. The molecule has 0 aliphatic heterocycles. The van der Waals surface area contributed by atoms with Crippen molar-refractivity contribution in [3.63, 3.8) is 0 Å². The van der Waals surface area contributed by atoms with E-state index in [1.54, 1.807) is 18.2 Å². The van der Waals surface area contributed by atoms with Crippen LogP contribution in [0.5, 0.6) is 5.75 Å². The van der Waals surface area contributed by atoms with Crippen molar-refractivity contribution in [3.05, 3.63) is 95.1 Å². The Bertz CT molecular complexity index is 1070. The van der Waals surface area contributed by atoms with Crippen LogP contribution < -0.4 is 15.4 Å². The van der Waals surface area contributed by atoms with Gasteiger partial charge < -0.3 is 15.2 Å². The van der Waals surface area contributed by atoms with Crippen LogP contribution in [-0.4, -0.2) is 22.1 Å². The van der Waals surface area contributed by atoms with Gasteiger partial charge in [0.15, 0.2) is 5.11 Å². The number of carbonyl (C=O) groups is 2. The number of thiocarbonyl (C=S) groups is 1. The van der Waals surface area contributed by atoms with Gasteiger partial charge in [-0.3, -0.25) is 10.1 Å². The predicted octanol–water partition coefficient (Wildman–Crippen LogP) is 4.40. The van der Waals surface area contributed by atoms with Gasteiger partial charge in [0.05, 0.1) is 5.56 Å². The van der Waals surface area contributed by atoms with Crippen molar-refractivity contribution in [1.82, 2.24) is 5.32 Å². The van der Waals surface area contributed by atoms with Crippen LogP contribution in [0.4, 0.5) is 5.69 Å². The third kappa shape index (κ3) is 5.65. The number of hydrogen-bond acceptors (Lipinski definition) is 4. The predicted molar refractivity (Wildman–Crippen MR) is 119 cm³/mol. The van der Waals surface area contributed by atoms with E-state index >= 15 is 0 Å². The molecule has 0 aliphatic carbocycles. The average Bonchev–Trinajstić information content (AvgIpc) is 2.74. The fourth-order valence-corrected chi connectivity index (χ4v) is 2.86. The molecule has 0 aromatic heterocycles. The maximum atomic E-state index is 12.4. The molecule has 0 bridgehead atoms. The Morgan fingerprint density at radius 3 is 2.30 bits per heavy atom. The number of rotatable bonds is 6. The SMILES string of the molecule is Cc1ccc(C(=O)O)cc1NC(=S)NC(=O)c1ccc(COc2ccccc2)cc1. The number of nitrogens with one attached hydrogen (secondary N) is 2. The molecule has 0 unspecified atom stereocenters. The van der Waals surface area contributed by atoms with E-state index in [1.165, 1.54) is 12.1 Å². The Morgan fingerprint density at radius 2 is 1.63 bits per heavy atom. The summed E-state index contributed by atoms with van der Waals surface area (Å²) in [5, 5.41) is 14.7. The van der Waals surface area contributed by atoms with E-state index in [2.05, 4.69) is 10.6 Å². The molecule has 152 valence electrons. The summed E-state index contributed by atoms with van der Waals surface area (Å²) in [5.41, 5.74) is 2.83. The van der Waals surface area contributed by atoms with Crippen LogP contribution in [0.3, 0.4) is 0 Å². The standard InChI is InChI=1S/C23H20N2O4S/c1-15-7-10-18(22(27)28)13-20(15)24-23(30)25-21(26)17-11-8-16(9-12-17)14-29-19-5-3-2-4-6-19/h2-13H,14H2,1H3,(H,27,28)(H2,24,25,26,30). The van der Waals surface area contributed by atoms with Gasteiger partial charge in [-0.1, -0.05) is 36.4 Å². The van der Waals surface area contributed by atoms with Crippen molar-refractivity contribution in [1.29, 1.82) is 0 Å². The van der Waals surface area contributed by atoms with E-state index < -0.39 is 5.97 Å². The molecule has 0 fully saturated rings. The minimum absolute atomic E-state index is 0.0853. The second-order valence-corrected chi connectivity index (χ2v) is 6.95. The van der Waals surface area contributed by atoms with Gasteiger partial charge in [-0.15, -0.1) is 0 Å². The van der Waals surface area contributed by atoms with Gasteiger partial charge >= 0.3 is 5.97 Å². The first kappa shape index (κ1) is 21.0. The summed E-state index contributed by atoms with van der Waals surface area (Å²) in [6, 6.07) is 21.1. The maximum Gasteiger partial charge on any atom is 0.335 e.